The molecule has 0 radical (unpaired) electrons. The van der Waals surface area contributed by atoms with Crippen molar-refractivity contribution in [2.45, 2.75) is 25.4 Å². The van der Waals surface area contributed by atoms with Crippen LogP contribution in [-0.4, -0.2) is 25.2 Å². The summed E-state index contributed by atoms with van der Waals surface area (Å²) in [4.78, 5) is 0. The van der Waals surface area contributed by atoms with Crippen LogP contribution in [0.4, 0.5) is 0 Å². The zero-order chi connectivity index (χ0) is 11.7. The molecule has 1 aliphatic carbocycles. The molecule has 1 saturated carbocycles. The zero-order valence-corrected chi connectivity index (χ0v) is 10.3. The number of rotatable bonds is 4. The van der Waals surface area contributed by atoms with Crippen molar-refractivity contribution in [1.82, 2.24) is 10.6 Å². The van der Waals surface area contributed by atoms with Crippen LogP contribution < -0.4 is 10.6 Å². The number of hydrogen-bond donors (Lipinski definition) is 2. The van der Waals surface area contributed by atoms with Crippen LogP contribution in [-0.2, 0) is 0 Å². The van der Waals surface area contributed by atoms with Crippen LogP contribution >= 0.6 is 0 Å². The molecule has 3 rings (SSSR count). The van der Waals surface area contributed by atoms with Crippen molar-refractivity contribution in [3.63, 3.8) is 0 Å². The highest BCUT2D eigenvalue weighted by Gasteiger charge is 2.39. The first-order valence-electron chi connectivity index (χ1n) is 6.53. The van der Waals surface area contributed by atoms with Crippen LogP contribution in [0.5, 0.6) is 0 Å². The highest BCUT2D eigenvalue weighted by atomic mass is 15.1. The second kappa shape index (κ2) is 4.63. The minimum absolute atomic E-state index is 0.717. The molecule has 2 heteroatoms. The lowest BCUT2D eigenvalue weighted by atomic mass is 10.1. The van der Waals surface area contributed by atoms with Gasteiger partial charge in [-0.25, -0.2) is 0 Å². The molecule has 17 heavy (non-hydrogen) atoms. The minimum Gasteiger partial charge on any atom is -0.314 e. The Hall–Kier alpha value is -1.12. The molecule has 2 N–H and O–H groups in total. The predicted molar refractivity (Wildman–Crippen MR) is 71.8 cm³/mol. The molecule has 0 aromatic heterocycles. The van der Waals surface area contributed by atoms with E-state index in [1.807, 2.05) is 0 Å². The van der Waals surface area contributed by atoms with E-state index in [-0.39, 0.29) is 0 Å². The van der Waals surface area contributed by atoms with Crippen molar-refractivity contribution in [1.29, 1.82) is 0 Å². The van der Waals surface area contributed by atoms with Crippen LogP contribution in [0.15, 0.2) is 35.9 Å². The average Bonchev–Trinajstić information content (AvgIpc) is 3.04. The zero-order valence-electron chi connectivity index (χ0n) is 10.3. The van der Waals surface area contributed by atoms with E-state index in [4.69, 9.17) is 0 Å². The Bertz CT molecular complexity index is 406. The maximum atomic E-state index is 3.70. The van der Waals surface area contributed by atoms with Crippen LogP contribution in [0.1, 0.15) is 18.9 Å². The summed E-state index contributed by atoms with van der Waals surface area (Å²) in [6.45, 7) is 4.55. The fourth-order valence-corrected chi connectivity index (χ4v) is 2.51. The summed E-state index contributed by atoms with van der Waals surface area (Å²) < 4.78 is 0. The number of benzene rings is 1. The van der Waals surface area contributed by atoms with Gasteiger partial charge in [-0.05, 0) is 24.8 Å². The summed E-state index contributed by atoms with van der Waals surface area (Å²) >= 11 is 0. The Morgan fingerprint density at radius 1 is 1.29 bits per heavy atom. The van der Waals surface area contributed by atoms with Gasteiger partial charge >= 0.3 is 0 Å². The summed E-state index contributed by atoms with van der Waals surface area (Å²) in [5, 5.41) is 7.00. The van der Waals surface area contributed by atoms with Crippen molar-refractivity contribution < 1.29 is 0 Å². The lowest BCUT2D eigenvalue weighted by Gasteiger charge is -2.28. The lowest BCUT2D eigenvalue weighted by molar-refractivity contribution is 0.360. The lowest BCUT2D eigenvalue weighted by Crippen LogP contribution is -2.56. The van der Waals surface area contributed by atoms with Crippen molar-refractivity contribution in [2.75, 3.05) is 13.1 Å². The number of nitrogens with one attached hydrogen (secondary N) is 2. The van der Waals surface area contributed by atoms with Crippen molar-refractivity contribution in [3.05, 3.63) is 41.5 Å². The molecule has 2 aliphatic rings. The maximum absolute atomic E-state index is 3.70. The smallest absolute Gasteiger partial charge is 0.0320 e. The van der Waals surface area contributed by atoms with E-state index in [0.29, 0.717) is 0 Å². The molecule has 1 aliphatic heterocycles. The van der Waals surface area contributed by atoms with Gasteiger partial charge in [-0.1, -0.05) is 42.0 Å². The van der Waals surface area contributed by atoms with Gasteiger partial charge in [0.25, 0.3) is 0 Å². The van der Waals surface area contributed by atoms with Gasteiger partial charge in [0, 0.05) is 25.2 Å². The van der Waals surface area contributed by atoms with Crippen molar-refractivity contribution >= 4 is 6.08 Å². The van der Waals surface area contributed by atoms with Crippen LogP contribution in [0, 0.1) is 5.92 Å². The van der Waals surface area contributed by atoms with E-state index in [1.54, 1.807) is 0 Å². The van der Waals surface area contributed by atoms with E-state index >= 15 is 0 Å². The topological polar surface area (TPSA) is 24.1 Å². The Labute approximate surface area is 103 Å². The first-order chi connectivity index (χ1) is 8.33. The predicted octanol–water partition coefficient (Wildman–Crippen LogP) is 2.04. The normalized spacial score (nSPS) is 28.9. The van der Waals surface area contributed by atoms with E-state index < -0.39 is 0 Å². The Balaban J connectivity index is 1.57. The van der Waals surface area contributed by atoms with Gasteiger partial charge in [-0.15, -0.1) is 0 Å². The summed E-state index contributed by atoms with van der Waals surface area (Å²) in [6, 6.07) is 12.0. The minimum atomic E-state index is 0.717. The third-order valence-electron chi connectivity index (χ3n) is 3.80. The Morgan fingerprint density at radius 2 is 2.06 bits per heavy atom. The van der Waals surface area contributed by atoms with Gasteiger partial charge in [0.05, 0.1) is 0 Å². The van der Waals surface area contributed by atoms with Crippen LogP contribution in [0.3, 0.4) is 0 Å². The molecule has 1 aromatic rings. The van der Waals surface area contributed by atoms with Gasteiger partial charge in [-0.2, -0.15) is 0 Å². The maximum Gasteiger partial charge on any atom is 0.0320 e. The van der Waals surface area contributed by atoms with Crippen molar-refractivity contribution in [3.8, 4) is 0 Å². The van der Waals surface area contributed by atoms with E-state index in [2.05, 4.69) is 54.0 Å². The summed E-state index contributed by atoms with van der Waals surface area (Å²) in [6.07, 6.45) is 3.64. The molecule has 0 amide bonds. The quantitative estimate of drug-likeness (QED) is 0.824. The third-order valence-corrected chi connectivity index (χ3v) is 3.80. The van der Waals surface area contributed by atoms with Gasteiger partial charge in [0.15, 0.2) is 0 Å². The molecule has 0 bridgehead atoms. The molecule has 1 saturated heterocycles. The molecule has 1 aromatic carbocycles. The fraction of sp³-hybridized carbons (Fsp3) is 0.467. The standard InChI is InChI=1S/C15H20N2/c1-11(7-12-5-3-2-4-6-12)14-8-15(14)17-13-9-16-10-13/h2-7,13-17H,8-10H2,1H3/b11-7+/t14-,15+/m0/s1. The van der Waals surface area contributed by atoms with Crippen molar-refractivity contribution in [2.24, 2.45) is 5.92 Å². The Kier molecular flexibility index (Phi) is 3.00. The molecule has 0 spiro atoms. The van der Waals surface area contributed by atoms with Crippen LogP contribution in [0.25, 0.3) is 6.08 Å². The molecule has 2 fully saturated rings. The molecule has 90 valence electrons. The third kappa shape index (κ3) is 2.59. The van der Waals surface area contributed by atoms with Gasteiger partial charge in [0.2, 0.25) is 0 Å². The van der Waals surface area contributed by atoms with Gasteiger partial charge < -0.3 is 10.6 Å². The summed E-state index contributed by atoms with van der Waals surface area (Å²) in [7, 11) is 0. The second-order valence-electron chi connectivity index (χ2n) is 5.27. The van der Waals surface area contributed by atoms with Crippen LogP contribution in [0.2, 0.25) is 0 Å². The monoisotopic (exact) mass is 228 g/mol. The Morgan fingerprint density at radius 3 is 2.71 bits per heavy atom. The average molecular weight is 228 g/mol. The highest BCUT2D eigenvalue weighted by Crippen LogP contribution is 2.38. The molecular weight excluding hydrogens is 208 g/mol. The summed E-state index contributed by atoms with van der Waals surface area (Å²) in [5.74, 6) is 0.760. The fourth-order valence-electron chi connectivity index (χ4n) is 2.51. The molecular formula is C15H20N2. The molecule has 1 heterocycles. The van der Waals surface area contributed by atoms with E-state index in [1.165, 1.54) is 17.6 Å². The molecule has 2 nitrogen and oxygen atoms in total. The first-order valence-corrected chi connectivity index (χ1v) is 6.53. The van der Waals surface area contributed by atoms with Gasteiger partial charge in [0.1, 0.15) is 0 Å². The second-order valence-corrected chi connectivity index (χ2v) is 5.27. The largest absolute Gasteiger partial charge is 0.314 e. The molecule has 0 unspecified atom stereocenters. The first kappa shape index (κ1) is 11.0. The van der Waals surface area contributed by atoms with E-state index in [0.717, 1.165) is 31.1 Å². The molecule has 2 atom stereocenters. The number of hydrogen-bond acceptors (Lipinski definition) is 2. The summed E-state index contributed by atoms with van der Waals surface area (Å²) in [5.41, 5.74) is 2.84. The highest BCUT2D eigenvalue weighted by molar-refractivity contribution is 5.53. The van der Waals surface area contributed by atoms with Gasteiger partial charge in [-0.3, -0.25) is 0 Å². The van der Waals surface area contributed by atoms with E-state index in [9.17, 15) is 0 Å². The SMILES string of the molecule is C/C(=C\c1ccccc1)[C@@H]1C[C@H]1NC1CNC1.